The van der Waals surface area contributed by atoms with Crippen molar-refractivity contribution in [2.24, 2.45) is 5.10 Å². The molecule has 1 saturated heterocycles. The zero-order valence-corrected chi connectivity index (χ0v) is 18.1. The lowest BCUT2D eigenvalue weighted by Gasteiger charge is -2.25. The van der Waals surface area contributed by atoms with Crippen LogP contribution >= 0.6 is 0 Å². The summed E-state index contributed by atoms with van der Waals surface area (Å²) < 4.78 is 42.9. The van der Waals surface area contributed by atoms with Gasteiger partial charge in [-0.25, -0.2) is 13.4 Å². The summed E-state index contributed by atoms with van der Waals surface area (Å²) in [6.45, 7) is 1.11. The van der Waals surface area contributed by atoms with Crippen LogP contribution in [0.25, 0.3) is 0 Å². The number of methoxy groups -OCH3 is 3. The van der Waals surface area contributed by atoms with Gasteiger partial charge in [0.15, 0.2) is 0 Å². The summed E-state index contributed by atoms with van der Waals surface area (Å²) in [5, 5.41) is 4.17. The molecule has 0 unspecified atom stereocenters. The highest BCUT2D eigenvalue weighted by molar-refractivity contribution is 7.89. The topological polar surface area (TPSA) is 102 Å². The van der Waals surface area contributed by atoms with Crippen LogP contribution in [0.1, 0.15) is 24.8 Å². The van der Waals surface area contributed by atoms with Gasteiger partial charge in [0, 0.05) is 31.4 Å². The van der Waals surface area contributed by atoms with E-state index in [0.29, 0.717) is 41.7 Å². The Morgan fingerprint density at radius 3 is 2.23 bits per heavy atom. The van der Waals surface area contributed by atoms with E-state index < -0.39 is 10.0 Å². The molecule has 1 aliphatic heterocycles. The molecule has 3 rings (SSSR count). The second-order valence-corrected chi connectivity index (χ2v) is 8.60. The third-order valence-corrected chi connectivity index (χ3v) is 6.70. The number of pyridine rings is 1. The van der Waals surface area contributed by atoms with Crippen LogP contribution in [0.4, 0.5) is 5.82 Å². The van der Waals surface area contributed by atoms with Gasteiger partial charge in [0.2, 0.25) is 10.0 Å². The summed E-state index contributed by atoms with van der Waals surface area (Å²) in [5.74, 6) is 2.08. The molecule has 0 saturated carbocycles. The van der Waals surface area contributed by atoms with Crippen molar-refractivity contribution in [1.29, 1.82) is 0 Å². The van der Waals surface area contributed by atoms with Crippen LogP contribution in [0.2, 0.25) is 0 Å². The van der Waals surface area contributed by atoms with Gasteiger partial charge >= 0.3 is 0 Å². The van der Waals surface area contributed by atoms with Gasteiger partial charge < -0.3 is 14.2 Å². The van der Waals surface area contributed by atoms with Crippen molar-refractivity contribution in [1.82, 2.24) is 9.29 Å². The molecule has 30 heavy (non-hydrogen) atoms. The van der Waals surface area contributed by atoms with Gasteiger partial charge in [-0.2, -0.15) is 9.41 Å². The SMILES string of the molecule is COc1cc(OC)c(/C=N/Nc2ccc(S(=O)(=O)N3CCCCC3)cn2)c(OC)c1. The molecular weight excluding hydrogens is 408 g/mol. The zero-order valence-electron chi connectivity index (χ0n) is 17.3. The maximum Gasteiger partial charge on any atom is 0.244 e. The van der Waals surface area contributed by atoms with Gasteiger partial charge in [-0.05, 0) is 25.0 Å². The van der Waals surface area contributed by atoms with E-state index >= 15 is 0 Å². The third-order valence-electron chi connectivity index (χ3n) is 4.82. The lowest BCUT2D eigenvalue weighted by atomic mass is 10.2. The average molecular weight is 435 g/mol. The van der Waals surface area contributed by atoms with Crippen molar-refractivity contribution in [2.75, 3.05) is 39.8 Å². The molecule has 0 aliphatic carbocycles. The highest BCUT2D eigenvalue weighted by atomic mass is 32.2. The van der Waals surface area contributed by atoms with Crippen LogP contribution < -0.4 is 19.6 Å². The number of piperidine rings is 1. The summed E-state index contributed by atoms with van der Waals surface area (Å²) in [5.41, 5.74) is 3.41. The maximum absolute atomic E-state index is 12.7. The van der Waals surface area contributed by atoms with Crippen molar-refractivity contribution in [3.8, 4) is 17.2 Å². The summed E-state index contributed by atoms with van der Waals surface area (Å²) in [4.78, 5) is 4.35. The molecule has 1 N–H and O–H groups in total. The molecule has 2 heterocycles. The van der Waals surface area contributed by atoms with E-state index in [4.69, 9.17) is 14.2 Å². The quantitative estimate of drug-likeness (QED) is 0.503. The molecule has 162 valence electrons. The summed E-state index contributed by atoms with van der Waals surface area (Å²) >= 11 is 0. The van der Waals surface area contributed by atoms with Crippen molar-refractivity contribution in [2.45, 2.75) is 24.2 Å². The lowest BCUT2D eigenvalue weighted by Crippen LogP contribution is -2.35. The molecule has 9 nitrogen and oxygen atoms in total. The van der Waals surface area contributed by atoms with Gasteiger partial charge in [0.05, 0.1) is 33.1 Å². The Labute approximate surface area is 176 Å². The number of nitrogens with one attached hydrogen (secondary N) is 1. The summed E-state index contributed by atoms with van der Waals surface area (Å²) in [7, 11) is 1.14. The van der Waals surface area contributed by atoms with Crippen molar-refractivity contribution >= 4 is 22.1 Å². The first-order chi connectivity index (χ1) is 14.5. The molecule has 1 aliphatic rings. The number of hydrogen-bond donors (Lipinski definition) is 1. The zero-order chi connectivity index (χ0) is 21.6. The number of sulfonamides is 1. The summed E-state index contributed by atoms with van der Waals surface area (Å²) in [6.07, 6.45) is 5.72. The number of ether oxygens (including phenoxy) is 3. The van der Waals surface area contributed by atoms with Crippen LogP contribution in [-0.2, 0) is 10.0 Å². The smallest absolute Gasteiger partial charge is 0.244 e. The van der Waals surface area contributed by atoms with Gasteiger partial charge in [-0.3, -0.25) is 5.43 Å². The van der Waals surface area contributed by atoms with E-state index in [1.807, 2.05) is 0 Å². The largest absolute Gasteiger partial charge is 0.496 e. The molecular formula is C20H26N4O5S. The Balaban J connectivity index is 1.73. The van der Waals surface area contributed by atoms with E-state index in [1.165, 1.54) is 22.8 Å². The molecule has 0 atom stereocenters. The molecule has 0 amide bonds. The van der Waals surface area contributed by atoms with Crippen LogP contribution in [0.15, 0.2) is 40.5 Å². The molecule has 1 aromatic carbocycles. The van der Waals surface area contributed by atoms with Gasteiger partial charge in [-0.15, -0.1) is 0 Å². The third kappa shape index (κ3) is 4.82. The minimum atomic E-state index is -3.51. The van der Waals surface area contributed by atoms with E-state index in [9.17, 15) is 8.42 Å². The second kappa shape index (κ2) is 9.77. The lowest BCUT2D eigenvalue weighted by molar-refractivity contribution is 0.346. The fourth-order valence-electron chi connectivity index (χ4n) is 3.18. The van der Waals surface area contributed by atoms with Crippen molar-refractivity contribution < 1.29 is 22.6 Å². The maximum atomic E-state index is 12.7. The van der Waals surface area contributed by atoms with Crippen molar-refractivity contribution in [3.63, 3.8) is 0 Å². The Hall–Kier alpha value is -2.85. The van der Waals surface area contributed by atoms with E-state index in [2.05, 4.69) is 15.5 Å². The van der Waals surface area contributed by atoms with E-state index in [1.54, 1.807) is 39.5 Å². The Morgan fingerprint density at radius 1 is 1.03 bits per heavy atom. The van der Waals surface area contributed by atoms with Gasteiger partial charge in [0.25, 0.3) is 0 Å². The van der Waals surface area contributed by atoms with Crippen LogP contribution in [0, 0.1) is 0 Å². The molecule has 10 heteroatoms. The first kappa shape index (κ1) is 21.8. The molecule has 0 spiro atoms. The van der Waals surface area contributed by atoms with Gasteiger partial charge in [-0.1, -0.05) is 6.42 Å². The molecule has 1 fully saturated rings. The van der Waals surface area contributed by atoms with Gasteiger partial charge in [0.1, 0.15) is 28.0 Å². The normalized spacial score (nSPS) is 15.2. The average Bonchev–Trinajstić information content (AvgIpc) is 2.79. The highest BCUT2D eigenvalue weighted by Crippen LogP contribution is 2.32. The minimum Gasteiger partial charge on any atom is -0.496 e. The first-order valence-electron chi connectivity index (χ1n) is 9.55. The Bertz CT molecular complexity index is 962. The molecule has 1 aromatic heterocycles. The van der Waals surface area contributed by atoms with E-state index in [-0.39, 0.29) is 4.90 Å². The number of hydrogen-bond acceptors (Lipinski definition) is 8. The number of hydrazone groups is 1. The monoisotopic (exact) mass is 434 g/mol. The predicted molar refractivity (Wildman–Crippen MR) is 114 cm³/mol. The van der Waals surface area contributed by atoms with E-state index in [0.717, 1.165) is 19.3 Å². The fourth-order valence-corrected chi connectivity index (χ4v) is 4.64. The number of benzene rings is 1. The van der Waals surface area contributed by atoms with Crippen molar-refractivity contribution in [3.05, 3.63) is 36.0 Å². The van der Waals surface area contributed by atoms with Crippen LogP contribution in [0.3, 0.4) is 0 Å². The summed E-state index contributed by atoms with van der Waals surface area (Å²) in [6, 6.07) is 6.56. The highest BCUT2D eigenvalue weighted by Gasteiger charge is 2.26. The molecule has 2 aromatic rings. The fraction of sp³-hybridized carbons (Fsp3) is 0.400. The first-order valence-corrected chi connectivity index (χ1v) is 11.0. The number of rotatable bonds is 8. The Kier molecular flexibility index (Phi) is 7.11. The number of aromatic nitrogens is 1. The minimum absolute atomic E-state index is 0.178. The molecule has 0 bridgehead atoms. The number of anilines is 1. The number of nitrogens with zero attached hydrogens (tertiary/aromatic N) is 3. The molecule has 0 radical (unpaired) electrons. The predicted octanol–water partition coefficient (Wildman–Crippen LogP) is 2.73. The standard InChI is InChI=1S/C20H26N4O5S/c1-27-15-11-18(28-2)17(19(12-15)29-3)14-22-23-20-8-7-16(13-21-20)30(25,26)24-9-5-4-6-10-24/h7-8,11-14H,4-6,9-10H2,1-3H3,(H,21,23)/b22-14+. The Morgan fingerprint density at radius 2 is 1.70 bits per heavy atom. The van der Waals surface area contributed by atoms with Crippen LogP contribution in [-0.4, -0.2) is 58.3 Å². The van der Waals surface area contributed by atoms with Crippen LogP contribution in [0.5, 0.6) is 17.2 Å². The second-order valence-electron chi connectivity index (χ2n) is 6.66.